The normalized spacial score (nSPS) is 20.0. The molecule has 31 heavy (non-hydrogen) atoms. The summed E-state index contributed by atoms with van der Waals surface area (Å²) < 4.78 is 22.9. The Hall–Kier alpha value is -3.69. The minimum absolute atomic E-state index is 0.00857. The van der Waals surface area contributed by atoms with Crippen molar-refractivity contribution in [2.45, 2.75) is 25.4 Å². The lowest BCUT2D eigenvalue weighted by molar-refractivity contribution is 0.0694. The molecule has 2 aromatic heterocycles. The van der Waals surface area contributed by atoms with Crippen LogP contribution in [0.25, 0.3) is 10.9 Å². The first-order valence-corrected chi connectivity index (χ1v) is 10.00. The molecule has 3 aromatic rings. The van der Waals surface area contributed by atoms with Crippen LogP contribution >= 0.6 is 0 Å². The summed E-state index contributed by atoms with van der Waals surface area (Å²) in [4.78, 5) is 34.4. The lowest BCUT2D eigenvalue weighted by Crippen LogP contribution is -2.30. The molecule has 10 heteroatoms. The SMILES string of the molecule is C[C@H]1COc2c(N3CCC(Nc4ncccn4)C3)c(F)cc3c(=O)c(C(=O)O)cn1c23. The molecule has 1 aromatic carbocycles. The number of pyridine rings is 1. The molecule has 4 heterocycles. The second-order valence-corrected chi connectivity index (χ2v) is 7.82. The van der Waals surface area contributed by atoms with E-state index in [0.29, 0.717) is 24.6 Å². The fraction of sp³-hybridized carbons (Fsp3) is 0.333. The predicted octanol–water partition coefficient (Wildman–Crippen LogP) is 2.27. The Balaban J connectivity index is 1.58. The summed E-state index contributed by atoms with van der Waals surface area (Å²) in [6.45, 7) is 3.19. The Kier molecular flexibility index (Phi) is 4.49. The van der Waals surface area contributed by atoms with E-state index < -0.39 is 17.2 Å². The third-order valence-electron chi connectivity index (χ3n) is 5.78. The lowest BCUT2D eigenvalue weighted by atomic mass is 10.1. The maximum absolute atomic E-state index is 15.3. The molecular formula is C21H20FN5O4. The van der Waals surface area contributed by atoms with Gasteiger partial charge in [-0.2, -0.15) is 0 Å². The maximum Gasteiger partial charge on any atom is 0.341 e. The predicted molar refractivity (Wildman–Crippen MR) is 112 cm³/mol. The van der Waals surface area contributed by atoms with Gasteiger partial charge in [0.1, 0.15) is 17.9 Å². The lowest BCUT2D eigenvalue weighted by Gasteiger charge is -2.31. The van der Waals surface area contributed by atoms with Gasteiger partial charge in [-0.1, -0.05) is 0 Å². The van der Waals surface area contributed by atoms with Gasteiger partial charge in [0, 0.05) is 37.7 Å². The molecule has 160 valence electrons. The molecule has 0 saturated carbocycles. The first-order chi connectivity index (χ1) is 14.9. The summed E-state index contributed by atoms with van der Waals surface area (Å²) in [5.41, 5.74) is -0.389. The Bertz CT molecular complexity index is 1250. The molecule has 2 atom stereocenters. The summed E-state index contributed by atoms with van der Waals surface area (Å²) in [5, 5.41) is 12.7. The number of halogens is 1. The van der Waals surface area contributed by atoms with Crippen LogP contribution in [-0.4, -0.2) is 51.3 Å². The second kappa shape index (κ2) is 7.22. The third kappa shape index (κ3) is 3.15. The molecule has 2 aliphatic heterocycles. The number of nitrogens with one attached hydrogen (secondary N) is 1. The molecule has 1 unspecified atom stereocenters. The zero-order valence-electron chi connectivity index (χ0n) is 16.7. The van der Waals surface area contributed by atoms with Crippen LogP contribution < -0.4 is 20.4 Å². The highest BCUT2D eigenvalue weighted by molar-refractivity contribution is 5.97. The number of nitrogens with zero attached hydrogens (tertiary/aromatic N) is 4. The number of benzene rings is 1. The van der Waals surface area contributed by atoms with Gasteiger partial charge in [-0.15, -0.1) is 0 Å². The van der Waals surface area contributed by atoms with Gasteiger partial charge >= 0.3 is 5.97 Å². The van der Waals surface area contributed by atoms with Crippen LogP contribution in [-0.2, 0) is 0 Å². The summed E-state index contributed by atoms with van der Waals surface area (Å²) in [6, 6.07) is 2.68. The molecule has 1 fully saturated rings. The van der Waals surface area contributed by atoms with Crippen LogP contribution in [0.15, 0.2) is 35.5 Å². The Morgan fingerprint density at radius 2 is 2.13 bits per heavy atom. The number of carboxylic acid groups (broad SMARTS) is 1. The van der Waals surface area contributed by atoms with Crippen LogP contribution in [0.2, 0.25) is 0 Å². The van der Waals surface area contributed by atoms with E-state index >= 15 is 4.39 Å². The summed E-state index contributed by atoms with van der Waals surface area (Å²) >= 11 is 0. The van der Waals surface area contributed by atoms with E-state index in [4.69, 9.17) is 4.74 Å². The number of hydrogen-bond donors (Lipinski definition) is 2. The molecular weight excluding hydrogens is 405 g/mol. The number of anilines is 2. The van der Waals surface area contributed by atoms with Crippen molar-refractivity contribution in [1.82, 2.24) is 14.5 Å². The first kappa shape index (κ1) is 19.3. The van der Waals surface area contributed by atoms with Crippen LogP contribution in [0.4, 0.5) is 16.0 Å². The molecule has 1 saturated heterocycles. The zero-order chi connectivity index (χ0) is 21.7. The standard InChI is InChI=1S/C21H20FN5O4/c1-11-10-31-19-16-13(18(28)14(20(29)30)9-27(11)16)7-15(22)17(19)26-6-3-12(8-26)25-21-23-4-2-5-24-21/h2,4-5,7,9,11-12H,3,6,8,10H2,1H3,(H,29,30)(H,23,24,25)/t11-,12?/m0/s1. The zero-order valence-corrected chi connectivity index (χ0v) is 16.7. The molecule has 5 rings (SSSR count). The van der Waals surface area contributed by atoms with Gasteiger partial charge in [0.05, 0.1) is 16.9 Å². The number of carboxylic acids is 1. The van der Waals surface area contributed by atoms with Crippen molar-refractivity contribution < 1.29 is 19.0 Å². The summed E-state index contributed by atoms with van der Waals surface area (Å²) in [5.74, 6) is -1.16. The minimum Gasteiger partial charge on any atom is -0.487 e. The quantitative estimate of drug-likeness (QED) is 0.655. The third-order valence-corrected chi connectivity index (χ3v) is 5.78. The second-order valence-electron chi connectivity index (χ2n) is 7.82. The highest BCUT2D eigenvalue weighted by atomic mass is 19.1. The summed E-state index contributed by atoms with van der Waals surface area (Å²) in [7, 11) is 0. The van der Waals surface area contributed by atoms with Gasteiger partial charge in [-0.25, -0.2) is 19.2 Å². The van der Waals surface area contributed by atoms with Crippen LogP contribution in [0.3, 0.4) is 0 Å². The number of hydrogen-bond acceptors (Lipinski definition) is 7. The average molecular weight is 425 g/mol. The van der Waals surface area contributed by atoms with Crippen molar-refractivity contribution in [2.24, 2.45) is 0 Å². The van der Waals surface area contributed by atoms with E-state index in [2.05, 4.69) is 15.3 Å². The Morgan fingerprint density at radius 1 is 1.35 bits per heavy atom. The largest absolute Gasteiger partial charge is 0.487 e. The molecule has 0 aliphatic carbocycles. The van der Waals surface area contributed by atoms with Gasteiger partial charge < -0.3 is 24.6 Å². The highest BCUT2D eigenvalue weighted by Gasteiger charge is 2.33. The molecule has 2 aliphatic rings. The van der Waals surface area contributed by atoms with E-state index in [0.717, 1.165) is 12.5 Å². The van der Waals surface area contributed by atoms with Crippen LogP contribution in [0.1, 0.15) is 29.7 Å². The van der Waals surface area contributed by atoms with Crippen molar-refractivity contribution in [3.8, 4) is 5.75 Å². The Labute approximate surface area is 176 Å². The van der Waals surface area contributed by atoms with E-state index in [-0.39, 0.29) is 41.1 Å². The monoisotopic (exact) mass is 425 g/mol. The highest BCUT2D eigenvalue weighted by Crippen LogP contribution is 2.42. The van der Waals surface area contributed by atoms with E-state index in [1.165, 1.54) is 6.20 Å². The molecule has 0 bridgehead atoms. The minimum atomic E-state index is -1.34. The van der Waals surface area contributed by atoms with Crippen molar-refractivity contribution in [2.75, 3.05) is 29.9 Å². The van der Waals surface area contributed by atoms with Gasteiger partial charge in [-0.3, -0.25) is 4.79 Å². The molecule has 2 N–H and O–H groups in total. The number of ether oxygens (including phenoxy) is 1. The molecule has 0 amide bonds. The Morgan fingerprint density at radius 3 is 2.87 bits per heavy atom. The number of aromatic nitrogens is 3. The van der Waals surface area contributed by atoms with Crippen LogP contribution in [0.5, 0.6) is 5.75 Å². The van der Waals surface area contributed by atoms with Crippen molar-refractivity contribution >= 4 is 28.5 Å². The number of carbonyl (C=O) groups is 1. The molecule has 0 spiro atoms. The smallest absolute Gasteiger partial charge is 0.341 e. The van der Waals surface area contributed by atoms with Crippen molar-refractivity contribution in [1.29, 1.82) is 0 Å². The van der Waals surface area contributed by atoms with Gasteiger partial charge in [-0.05, 0) is 25.5 Å². The first-order valence-electron chi connectivity index (χ1n) is 10.00. The fourth-order valence-corrected chi connectivity index (χ4v) is 4.30. The number of aromatic carboxylic acids is 1. The maximum atomic E-state index is 15.3. The fourth-order valence-electron chi connectivity index (χ4n) is 4.30. The topological polar surface area (TPSA) is 110 Å². The van der Waals surface area contributed by atoms with Crippen molar-refractivity contribution in [3.05, 3.63) is 52.3 Å². The average Bonchev–Trinajstić information content (AvgIpc) is 3.20. The van der Waals surface area contributed by atoms with E-state index in [1.54, 1.807) is 23.0 Å². The van der Waals surface area contributed by atoms with Gasteiger partial charge in [0.2, 0.25) is 11.4 Å². The molecule has 9 nitrogen and oxygen atoms in total. The van der Waals surface area contributed by atoms with E-state index in [1.807, 2.05) is 11.8 Å². The van der Waals surface area contributed by atoms with Gasteiger partial charge in [0.15, 0.2) is 11.6 Å². The molecule has 0 radical (unpaired) electrons. The van der Waals surface area contributed by atoms with E-state index in [9.17, 15) is 14.7 Å². The summed E-state index contributed by atoms with van der Waals surface area (Å²) in [6.07, 6.45) is 5.37. The number of rotatable bonds is 4. The van der Waals surface area contributed by atoms with Gasteiger partial charge in [0.25, 0.3) is 0 Å². The van der Waals surface area contributed by atoms with Crippen LogP contribution in [0, 0.1) is 5.82 Å². The van der Waals surface area contributed by atoms with Crippen molar-refractivity contribution in [3.63, 3.8) is 0 Å².